The van der Waals surface area contributed by atoms with Crippen molar-refractivity contribution < 1.29 is 0 Å². The van der Waals surface area contributed by atoms with E-state index >= 15 is 0 Å². The smallest absolute Gasteiger partial charge is 0.230 e. The number of nitrogens with one attached hydrogen (secondary N) is 2. The van der Waals surface area contributed by atoms with Crippen molar-refractivity contribution >= 4 is 28.5 Å². The van der Waals surface area contributed by atoms with Crippen molar-refractivity contribution in [2.75, 3.05) is 50.0 Å². The number of aromatic nitrogens is 4. The number of nitrogens with zero attached hydrogens (tertiary/aromatic N) is 6. The number of piperazine rings is 1. The molecule has 3 aromatic heterocycles. The molecule has 0 bridgehead atoms. The van der Waals surface area contributed by atoms with Gasteiger partial charge in [0, 0.05) is 56.5 Å². The van der Waals surface area contributed by atoms with Gasteiger partial charge in [-0.05, 0) is 39.1 Å². The summed E-state index contributed by atoms with van der Waals surface area (Å²) in [5, 5.41) is 7.73. The quantitative estimate of drug-likeness (QED) is 0.707. The highest BCUT2D eigenvalue weighted by Crippen LogP contribution is 2.32. The zero-order valence-electron chi connectivity index (χ0n) is 17.3. The Labute approximate surface area is 171 Å². The maximum Gasteiger partial charge on any atom is 0.230 e. The first-order chi connectivity index (χ1) is 14.0. The average molecular weight is 393 g/mol. The molecule has 0 amide bonds. The first-order valence-corrected chi connectivity index (χ1v) is 10.2. The number of hydrogen-bond donors (Lipinski definition) is 2. The lowest BCUT2D eigenvalue weighted by Crippen LogP contribution is -2.44. The highest BCUT2D eigenvalue weighted by molar-refractivity contribution is 5.78. The standard InChI is InChI=1S/C21H28N8/c1-21(2)14-27(3)13-17-10-15-11-24-20(26-19(15)29(17)21)25-18-5-4-16(12-23-18)28-8-6-22-7-9-28/h4-5,10-12,22H,6-9,13-14H2,1-3H3,(H,23,24,25,26). The van der Waals surface area contributed by atoms with Crippen molar-refractivity contribution in [2.24, 2.45) is 0 Å². The average Bonchev–Trinajstić information content (AvgIpc) is 3.07. The SMILES string of the molecule is CN1Cc2cc3cnc(Nc4ccc(N5CCNCC5)cn4)nc3n2C(C)(C)C1. The summed E-state index contributed by atoms with van der Waals surface area (Å²) in [5.41, 5.74) is 3.40. The van der Waals surface area contributed by atoms with Crippen LogP contribution in [0.5, 0.6) is 0 Å². The van der Waals surface area contributed by atoms with Gasteiger partial charge in [-0.1, -0.05) is 0 Å². The molecule has 1 saturated heterocycles. The molecule has 0 atom stereocenters. The summed E-state index contributed by atoms with van der Waals surface area (Å²) in [6.07, 6.45) is 3.82. The van der Waals surface area contributed by atoms with Crippen molar-refractivity contribution in [1.82, 2.24) is 29.7 Å². The molecule has 1 fully saturated rings. The normalized spacial score (nSPS) is 19.3. The Bertz CT molecular complexity index is 1020. The summed E-state index contributed by atoms with van der Waals surface area (Å²) >= 11 is 0. The van der Waals surface area contributed by atoms with Crippen molar-refractivity contribution in [1.29, 1.82) is 0 Å². The number of rotatable bonds is 3. The van der Waals surface area contributed by atoms with E-state index in [4.69, 9.17) is 4.98 Å². The van der Waals surface area contributed by atoms with Gasteiger partial charge in [0.15, 0.2) is 0 Å². The maximum absolute atomic E-state index is 4.84. The fourth-order valence-electron chi connectivity index (χ4n) is 4.64. The number of anilines is 3. The van der Waals surface area contributed by atoms with Crippen LogP contribution in [0.2, 0.25) is 0 Å². The molecular weight excluding hydrogens is 364 g/mol. The molecule has 8 heteroatoms. The van der Waals surface area contributed by atoms with Gasteiger partial charge in [-0.2, -0.15) is 4.98 Å². The van der Waals surface area contributed by atoms with Crippen LogP contribution in [0.4, 0.5) is 17.5 Å². The number of hydrogen-bond acceptors (Lipinski definition) is 7. The Morgan fingerprint density at radius 2 is 1.93 bits per heavy atom. The van der Waals surface area contributed by atoms with Crippen LogP contribution in [0.1, 0.15) is 19.5 Å². The highest BCUT2D eigenvalue weighted by Gasteiger charge is 2.32. The molecule has 5 rings (SSSR count). The van der Waals surface area contributed by atoms with Crippen molar-refractivity contribution in [3.05, 3.63) is 36.3 Å². The Balaban J connectivity index is 1.41. The number of likely N-dealkylation sites (N-methyl/N-ethyl adjacent to an activating group) is 1. The van der Waals surface area contributed by atoms with Gasteiger partial charge in [-0.3, -0.25) is 4.90 Å². The Morgan fingerprint density at radius 3 is 2.69 bits per heavy atom. The Morgan fingerprint density at radius 1 is 1.10 bits per heavy atom. The molecule has 0 aliphatic carbocycles. The third kappa shape index (κ3) is 3.42. The van der Waals surface area contributed by atoms with Gasteiger partial charge in [0.1, 0.15) is 11.5 Å². The predicted octanol–water partition coefficient (Wildman–Crippen LogP) is 2.16. The fourth-order valence-corrected chi connectivity index (χ4v) is 4.64. The summed E-state index contributed by atoms with van der Waals surface area (Å²) in [5.74, 6) is 1.34. The maximum atomic E-state index is 4.84. The van der Waals surface area contributed by atoms with Crippen molar-refractivity contribution in [2.45, 2.75) is 25.9 Å². The summed E-state index contributed by atoms with van der Waals surface area (Å²) in [4.78, 5) is 18.6. The third-order valence-corrected chi connectivity index (χ3v) is 5.78. The van der Waals surface area contributed by atoms with Gasteiger partial charge < -0.3 is 20.1 Å². The molecule has 2 N–H and O–H groups in total. The van der Waals surface area contributed by atoms with E-state index in [1.807, 2.05) is 18.5 Å². The molecule has 0 unspecified atom stereocenters. The molecule has 0 aromatic carbocycles. The zero-order valence-corrected chi connectivity index (χ0v) is 17.3. The van der Waals surface area contributed by atoms with Gasteiger partial charge in [-0.25, -0.2) is 9.97 Å². The lowest BCUT2D eigenvalue weighted by molar-refractivity contribution is 0.165. The molecule has 152 valence electrons. The van der Waals surface area contributed by atoms with Gasteiger partial charge in [-0.15, -0.1) is 0 Å². The van der Waals surface area contributed by atoms with E-state index in [1.165, 1.54) is 5.69 Å². The fraction of sp³-hybridized carbons (Fsp3) is 0.476. The second-order valence-corrected chi connectivity index (χ2v) is 8.69. The third-order valence-electron chi connectivity index (χ3n) is 5.78. The largest absolute Gasteiger partial charge is 0.368 e. The Kier molecular flexibility index (Phi) is 4.40. The van der Waals surface area contributed by atoms with Crippen LogP contribution in [0.15, 0.2) is 30.6 Å². The monoisotopic (exact) mass is 392 g/mol. The number of fused-ring (bicyclic) bond motifs is 3. The van der Waals surface area contributed by atoms with E-state index in [1.54, 1.807) is 0 Å². The zero-order chi connectivity index (χ0) is 20.0. The minimum absolute atomic E-state index is 0.0150. The first kappa shape index (κ1) is 18.3. The molecular formula is C21H28N8. The highest BCUT2D eigenvalue weighted by atomic mass is 15.3. The van der Waals surface area contributed by atoms with Crippen LogP contribution in [-0.2, 0) is 12.1 Å². The van der Waals surface area contributed by atoms with Crippen LogP contribution in [-0.4, -0.2) is 64.2 Å². The van der Waals surface area contributed by atoms with Crippen LogP contribution in [0.3, 0.4) is 0 Å². The first-order valence-electron chi connectivity index (χ1n) is 10.2. The molecule has 3 aromatic rings. The van der Waals surface area contributed by atoms with E-state index in [-0.39, 0.29) is 5.54 Å². The predicted molar refractivity (Wildman–Crippen MR) is 116 cm³/mol. The summed E-state index contributed by atoms with van der Waals surface area (Å²) < 4.78 is 2.36. The lowest BCUT2D eigenvalue weighted by atomic mass is 10.0. The van der Waals surface area contributed by atoms with Crippen molar-refractivity contribution in [3.63, 3.8) is 0 Å². The second-order valence-electron chi connectivity index (χ2n) is 8.69. The van der Waals surface area contributed by atoms with Gasteiger partial charge in [0.2, 0.25) is 5.95 Å². The summed E-state index contributed by atoms with van der Waals surface area (Å²) in [6.45, 7) is 10.5. The minimum atomic E-state index is -0.0150. The molecule has 29 heavy (non-hydrogen) atoms. The molecule has 8 nitrogen and oxygen atoms in total. The van der Waals surface area contributed by atoms with E-state index in [0.29, 0.717) is 5.95 Å². The van der Waals surface area contributed by atoms with Crippen LogP contribution < -0.4 is 15.5 Å². The molecule has 2 aliphatic rings. The summed E-state index contributed by atoms with van der Waals surface area (Å²) in [7, 11) is 2.16. The topological polar surface area (TPSA) is 74.1 Å². The van der Waals surface area contributed by atoms with E-state index in [0.717, 1.165) is 61.8 Å². The molecule has 2 aliphatic heterocycles. The van der Waals surface area contributed by atoms with E-state index in [9.17, 15) is 0 Å². The van der Waals surface area contributed by atoms with Gasteiger partial charge in [0.25, 0.3) is 0 Å². The minimum Gasteiger partial charge on any atom is -0.368 e. The van der Waals surface area contributed by atoms with E-state index < -0.39 is 0 Å². The Hall–Kier alpha value is -2.71. The van der Waals surface area contributed by atoms with E-state index in [2.05, 4.69) is 68.0 Å². The molecule has 5 heterocycles. The van der Waals surface area contributed by atoms with Gasteiger partial charge in [0.05, 0.1) is 17.4 Å². The molecule has 0 saturated carbocycles. The summed E-state index contributed by atoms with van der Waals surface area (Å²) in [6, 6.07) is 6.31. The number of pyridine rings is 1. The molecule has 0 radical (unpaired) electrons. The second kappa shape index (κ2) is 6.96. The van der Waals surface area contributed by atoms with Gasteiger partial charge >= 0.3 is 0 Å². The van der Waals surface area contributed by atoms with Crippen LogP contribution >= 0.6 is 0 Å². The lowest BCUT2D eigenvalue weighted by Gasteiger charge is -2.39. The molecule has 0 spiro atoms. The van der Waals surface area contributed by atoms with Crippen LogP contribution in [0, 0.1) is 0 Å². The van der Waals surface area contributed by atoms with Crippen LogP contribution in [0.25, 0.3) is 11.0 Å². The van der Waals surface area contributed by atoms with Crippen molar-refractivity contribution in [3.8, 4) is 0 Å².